The second-order valence-electron chi connectivity index (χ2n) is 4.47. The van der Waals surface area contributed by atoms with Gasteiger partial charge in [-0.1, -0.05) is 29.8 Å². The van der Waals surface area contributed by atoms with Crippen molar-refractivity contribution >= 4 is 29.2 Å². The topological polar surface area (TPSA) is 45.6 Å². The van der Waals surface area contributed by atoms with E-state index >= 15 is 0 Å². The number of anilines is 1. The number of hydrazone groups is 1. The van der Waals surface area contributed by atoms with Crippen LogP contribution in [0.5, 0.6) is 5.75 Å². The second-order valence-corrected chi connectivity index (χ2v) is 4.88. The normalized spacial score (nSPS) is 10.4. The molecule has 5 heteroatoms. The highest BCUT2D eigenvalue weighted by Gasteiger charge is 1.96. The lowest BCUT2D eigenvalue weighted by atomic mass is 10.2. The van der Waals surface area contributed by atoms with E-state index in [0.717, 1.165) is 17.0 Å². The number of hydrogen-bond acceptors (Lipinski definition) is 3. The molecule has 0 atom stereocenters. The van der Waals surface area contributed by atoms with Crippen molar-refractivity contribution in [3.63, 3.8) is 0 Å². The highest BCUT2D eigenvalue weighted by Crippen LogP contribution is 2.11. The molecule has 0 radical (unpaired) electrons. The zero-order chi connectivity index (χ0) is 15.1. The Morgan fingerprint density at radius 3 is 2.67 bits per heavy atom. The molecule has 2 aromatic rings. The lowest BCUT2D eigenvalue weighted by Crippen LogP contribution is -2.23. The third-order valence-corrected chi connectivity index (χ3v) is 2.98. The Hall–Kier alpha value is -2.40. The molecule has 4 nitrogen and oxygen atoms in total. The fourth-order valence-electron chi connectivity index (χ4n) is 1.68. The minimum atomic E-state index is 0.443. The van der Waals surface area contributed by atoms with E-state index in [1.807, 2.05) is 55.5 Å². The van der Waals surface area contributed by atoms with E-state index in [4.69, 9.17) is 17.0 Å². The van der Waals surface area contributed by atoms with E-state index in [2.05, 4.69) is 15.8 Å². The van der Waals surface area contributed by atoms with Gasteiger partial charge in [0.25, 0.3) is 0 Å². The first-order valence-electron chi connectivity index (χ1n) is 6.48. The highest BCUT2D eigenvalue weighted by molar-refractivity contribution is 7.80. The van der Waals surface area contributed by atoms with Crippen molar-refractivity contribution in [2.45, 2.75) is 6.92 Å². The molecular formula is C16H17N3OS. The smallest absolute Gasteiger partial charge is 0.191 e. The summed E-state index contributed by atoms with van der Waals surface area (Å²) in [6.07, 6.45) is 1.69. The molecule has 0 saturated heterocycles. The number of methoxy groups -OCH3 is 1. The first kappa shape index (κ1) is 15.0. The number of rotatable bonds is 4. The van der Waals surface area contributed by atoms with Crippen molar-refractivity contribution in [2.24, 2.45) is 5.10 Å². The Kier molecular flexibility index (Phi) is 5.29. The molecule has 2 rings (SSSR count). The Balaban J connectivity index is 1.88. The minimum absolute atomic E-state index is 0.443. The summed E-state index contributed by atoms with van der Waals surface area (Å²) in [4.78, 5) is 0. The fourth-order valence-corrected chi connectivity index (χ4v) is 1.85. The van der Waals surface area contributed by atoms with Crippen LogP contribution in [0.3, 0.4) is 0 Å². The average Bonchev–Trinajstić information content (AvgIpc) is 2.50. The molecule has 0 saturated carbocycles. The maximum atomic E-state index is 5.17. The zero-order valence-electron chi connectivity index (χ0n) is 12.0. The van der Waals surface area contributed by atoms with Crippen molar-refractivity contribution in [3.8, 4) is 5.75 Å². The predicted molar refractivity (Wildman–Crippen MR) is 91.1 cm³/mol. The lowest BCUT2D eigenvalue weighted by Gasteiger charge is -2.07. The van der Waals surface area contributed by atoms with Gasteiger partial charge in [0.15, 0.2) is 5.11 Å². The Morgan fingerprint density at radius 1 is 1.19 bits per heavy atom. The summed E-state index contributed by atoms with van der Waals surface area (Å²) in [5, 5.41) is 7.60. The van der Waals surface area contributed by atoms with Gasteiger partial charge in [0.2, 0.25) is 0 Å². The van der Waals surface area contributed by atoms with Gasteiger partial charge in [-0.3, -0.25) is 5.43 Å². The van der Waals surface area contributed by atoms with Crippen LogP contribution in [0.1, 0.15) is 11.1 Å². The van der Waals surface area contributed by atoms with E-state index < -0.39 is 0 Å². The van der Waals surface area contributed by atoms with Gasteiger partial charge in [-0.05, 0) is 49.0 Å². The molecule has 21 heavy (non-hydrogen) atoms. The van der Waals surface area contributed by atoms with Crippen molar-refractivity contribution in [2.75, 3.05) is 12.4 Å². The van der Waals surface area contributed by atoms with Crippen LogP contribution in [-0.2, 0) is 0 Å². The van der Waals surface area contributed by atoms with Crippen molar-refractivity contribution in [1.82, 2.24) is 5.43 Å². The Morgan fingerprint density at radius 2 is 1.95 bits per heavy atom. The molecule has 0 fully saturated rings. The average molecular weight is 299 g/mol. The second kappa shape index (κ2) is 7.40. The van der Waals surface area contributed by atoms with Gasteiger partial charge in [0.1, 0.15) is 5.75 Å². The van der Waals surface area contributed by atoms with Crippen LogP contribution >= 0.6 is 12.2 Å². The van der Waals surface area contributed by atoms with Crippen LogP contribution in [0.15, 0.2) is 53.6 Å². The first-order chi connectivity index (χ1) is 10.2. The molecule has 0 aliphatic heterocycles. The van der Waals surface area contributed by atoms with Crippen molar-refractivity contribution in [1.29, 1.82) is 0 Å². The summed E-state index contributed by atoms with van der Waals surface area (Å²) in [5.41, 5.74) is 5.84. The number of thiocarbonyl (C=S) groups is 1. The number of ether oxygens (including phenoxy) is 1. The summed E-state index contributed by atoms with van der Waals surface area (Å²) >= 11 is 5.17. The summed E-state index contributed by atoms with van der Waals surface area (Å²) in [6.45, 7) is 2.04. The zero-order valence-corrected chi connectivity index (χ0v) is 12.8. The number of aryl methyl sites for hydroxylation is 1. The van der Waals surface area contributed by atoms with Crippen LogP contribution in [0, 0.1) is 6.92 Å². The number of nitrogens with zero attached hydrogens (tertiary/aromatic N) is 1. The fraction of sp³-hybridized carbons (Fsp3) is 0.125. The molecular weight excluding hydrogens is 282 g/mol. The molecule has 0 spiro atoms. The quantitative estimate of drug-likeness (QED) is 0.516. The first-order valence-corrected chi connectivity index (χ1v) is 6.89. The molecule has 0 aliphatic carbocycles. The SMILES string of the molecule is COc1cccc(/C=N/NC(=S)Nc2ccc(C)cc2)c1. The molecule has 0 aromatic heterocycles. The number of nitrogens with one attached hydrogen (secondary N) is 2. The maximum absolute atomic E-state index is 5.17. The van der Waals surface area contributed by atoms with E-state index in [0.29, 0.717) is 5.11 Å². The summed E-state index contributed by atoms with van der Waals surface area (Å²) in [6, 6.07) is 15.6. The molecule has 0 heterocycles. The molecule has 0 aliphatic rings. The molecule has 0 bridgehead atoms. The van der Waals surface area contributed by atoms with E-state index in [9.17, 15) is 0 Å². The number of hydrogen-bond donors (Lipinski definition) is 2. The lowest BCUT2D eigenvalue weighted by molar-refractivity contribution is 0.415. The van der Waals surface area contributed by atoms with Gasteiger partial charge in [-0.15, -0.1) is 0 Å². The summed E-state index contributed by atoms with van der Waals surface area (Å²) < 4.78 is 5.15. The van der Waals surface area contributed by atoms with Crippen LogP contribution in [0.4, 0.5) is 5.69 Å². The van der Waals surface area contributed by atoms with Crippen LogP contribution in [0.25, 0.3) is 0 Å². The minimum Gasteiger partial charge on any atom is -0.497 e. The highest BCUT2D eigenvalue weighted by atomic mass is 32.1. The maximum Gasteiger partial charge on any atom is 0.191 e. The molecule has 108 valence electrons. The van der Waals surface area contributed by atoms with Gasteiger partial charge in [0, 0.05) is 5.69 Å². The van der Waals surface area contributed by atoms with Crippen LogP contribution in [-0.4, -0.2) is 18.4 Å². The largest absolute Gasteiger partial charge is 0.497 e. The standard InChI is InChI=1S/C16H17N3OS/c1-12-6-8-14(9-7-12)18-16(21)19-17-11-13-4-3-5-15(10-13)20-2/h3-11H,1-2H3,(H2,18,19,21)/b17-11+. The van der Waals surface area contributed by atoms with Gasteiger partial charge < -0.3 is 10.1 Å². The van der Waals surface area contributed by atoms with Crippen molar-refractivity contribution in [3.05, 3.63) is 59.7 Å². The third kappa shape index (κ3) is 4.89. The van der Waals surface area contributed by atoms with Crippen LogP contribution in [0.2, 0.25) is 0 Å². The molecule has 0 amide bonds. The van der Waals surface area contributed by atoms with Gasteiger partial charge in [-0.25, -0.2) is 0 Å². The summed E-state index contributed by atoms with van der Waals surface area (Å²) in [7, 11) is 1.63. The van der Waals surface area contributed by atoms with E-state index in [1.54, 1.807) is 13.3 Å². The van der Waals surface area contributed by atoms with E-state index in [1.165, 1.54) is 5.56 Å². The Bertz CT molecular complexity index is 638. The molecule has 2 N–H and O–H groups in total. The Labute approximate surface area is 129 Å². The van der Waals surface area contributed by atoms with Gasteiger partial charge in [0.05, 0.1) is 13.3 Å². The molecule has 0 unspecified atom stereocenters. The van der Waals surface area contributed by atoms with Crippen LogP contribution < -0.4 is 15.5 Å². The van der Waals surface area contributed by atoms with Gasteiger partial charge >= 0.3 is 0 Å². The van der Waals surface area contributed by atoms with E-state index in [-0.39, 0.29) is 0 Å². The van der Waals surface area contributed by atoms with Crippen molar-refractivity contribution < 1.29 is 4.74 Å². The monoisotopic (exact) mass is 299 g/mol. The number of benzene rings is 2. The third-order valence-electron chi connectivity index (χ3n) is 2.78. The van der Waals surface area contributed by atoms with Gasteiger partial charge in [-0.2, -0.15) is 5.10 Å². The summed E-state index contributed by atoms with van der Waals surface area (Å²) in [5.74, 6) is 0.791. The molecule has 2 aromatic carbocycles. The predicted octanol–water partition coefficient (Wildman–Crippen LogP) is 3.32.